The maximum absolute atomic E-state index is 12.5. The van der Waals surface area contributed by atoms with Crippen LogP contribution in [0.5, 0.6) is 0 Å². The van der Waals surface area contributed by atoms with Crippen LogP contribution >= 0.6 is 15.9 Å². The largest absolute Gasteiger partial charge is 0.338 e. The Bertz CT molecular complexity index is 937. The number of halogens is 1. The first kappa shape index (κ1) is 20.5. The van der Waals surface area contributed by atoms with Gasteiger partial charge in [0.15, 0.2) is 5.82 Å². The molecule has 0 aliphatic heterocycles. The molecule has 4 bridgehead atoms. The van der Waals surface area contributed by atoms with Crippen LogP contribution in [0.15, 0.2) is 28.7 Å². The lowest BCUT2D eigenvalue weighted by molar-refractivity contribution is -0.116. The Kier molecular flexibility index (Phi) is 5.45. The number of urea groups is 1. The van der Waals surface area contributed by atoms with Gasteiger partial charge in [0.05, 0.1) is 0 Å². The molecule has 4 aliphatic rings. The molecule has 0 atom stereocenters. The van der Waals surface area contributed by atoms with Crippen molar-refractivity contribution in [2.24, 2.45) is 17.8 Å². The first-order chi connectivity index (χ1) is 15.0. The predicted molar refractivity (Wildman–Crippen MR) is 120 cm³/mol. The Morgan fingerprint density at radius 2 is 1.71 bits per heavy atom. The number of benzene rings is 1. The molecule has 1 aromatic carbocycles. The van der Waals surface area contributed by atoms with Gasteiger partial charge in [-0.25, -0.2) is 4.79 Å². The fraction of sp³-hybridized carbons (Fsp3) is 0.545. The third-order valence-corrected chi connectivity index (χ3v) is 7.44. The smallest absolute Gasteiger partial charge is 0.315 e. The molecule has 2 aromatic rings. The minimum Gasteiger partial charge on any atom is -0.338 e. The number of aromatic amines is 1. The summed E-state index contributed by atoms with van der Waals surface area (Å²) in [5.41, 5.74) is 0.850. The van der Waals surface area contributed by atoms with E-state index in [1.165, 1.54) is 19.3 Å². The quantitative estimate of drug-likeness (QED) is 0.496. The van der Waals surface area contributed by atoms with Crippen molar-refractivity contribution < 1.29 is 9.59 Å². The molecule has 6 rings (SSSR count). The van der Waals surface area contributed by atoms with Gasteiger partial charge in [0.1, 0.15) is 0 Å². The molecule has 4 N–H and O–H groups in total. The zero-order valence-electron chi connectivity index (χ0n) is 17.3. The van der Waals surface area contributed by atoms with E-state index in [4.69, 9.17) is 0 Å². The van der Waals surface area contributed by atoms with Crippen molar-refractivity contribution >= 4 is 33.8 Å². The van der Waals surface area contributed by atoms with Crippen molar-refractivity contribution in [3.63, 3.8) is 0 Å². The number of aromatic nitrogens is 3. The third kappa shape index (κ3) is 4.61. The minimum absolute atomic E-state index is 0.0243. The van der Waals surface area contributed by atoms with Crippen molar-refractivity contribution in [1.29, 1.82) is 0 Å². The summed E-state index contributed by atoms with van der Waals surface area (Å²) in [4.78, 5) is 29.0. The van der Waals surface area contributed by atoms with Gasteiger partial charge in [-0.2, -0.15) is 4.98 Å². The molecule has 31 heavy (non-hydrogen) atoms. The molecule has 0 spiro atoms. The second-order valence-corrected chi connectivity index (χ2v) is 10.3. The molecule has 4 fully saturated rings. The lowest BCUT2D eigenvalue weighted by atomic mass is 9.53. The maximum Gasteiger partial charge on any atom is 0.315 e. The summed E-state index contributed by atoms with van der Waals surface area (Å²) in [6.45, 7) is 0.272. The van der Waals surface area contributed by atoms with Gasteiger partial charge in [0.2, 0.25) is 11.9 Å². The molecule has 1 aromatic heterocycles. The van der Waals surface area contributed by atoms with Gasteiger partial charge in [0.25, 0.3) is 0 Å². The fourth-order valence-corrected chi connectivity index (χ4v) is 6.34. The van der Waals surface area contributed by atoms with Crippen LogP contribution in [0.1, 0.15) is 44.9 Å². The van der Waals surface area contributed by atoms with Crippen LogP contribution in [0.3, 0.4) is 0 Å². The first-order valence-corrected chi connectivity index (χ1v) is 11.8. The summed E-state index contributed by atoms with van der Waals surface area (Å²) in [5.74, 6) is 2.90. The van der Waals surface area contributed by atoms with E-state index in [2.05, 4.69) is 47.1 Å². The second-order valence-electron chi connectivity index (χ2n) is 9.39. The molecule has 0 radical (unpaired) electrons. The summed E-state index contributed by atoms with van der Waals surface area (Å²) >= 11 is 3.40. The highest BCUT2D eigenvalue weighted by molar-refractivity contribution is 9.10. The number of anilines is 1. The van der Waals surface area contributed by atoms with Gasteiger partial charge < -0.3 is 10.6 Å². The number of amides is 3. The predicted octanol–water partition coefficient (Wildman–Crippen LogP) is 3.83. The molecular weight excluding hydrogens is 460 g/mol. The van der Waals surface area contributed by atoms with Crippen molar-refractivity contribution in [2.45, 2.75) is 50.5 Å². The monoisotopic (exact) mass is 486 g/mol. The number of carbonyl (C=O) groups excluding carboxylic acids is 2. The normalized spacial score (nSPS) is 28.4. The number of carbonyl (C=O) groups is 2. The summed E-state index contributed by atoms with van der Waals surface area (Å²) in [6, 6.07) is 7.47. The Balaban J connectivity index is 1.07. The number of nitrogens with one attached hydrogen (secondary N) is 4. The van der Waals surface area contributed by atoms with Gasteiger partial charge in [0, 0.05) is 28.5 Å². The van der Waals surface area contributed by atoms with E-state index in [0.717, 1.165) is 47.1 Å². The van der Waals surface area contributed by atoms with Gasteiger partial charge in [-0.3, -0.25) is 15.2 Å². The standard InChI is InChI=1S/C22H27BrN6O2/c23-17-3-1-16(2-4-17)19-26-20(29-28-19)25-18(30)5-6-24-21(31)27-22-10-13-7-14(11-22)9-15(8-13)12-22/h1-4,13-15H,5-12H2,(H2,24,27,31)(H2,25,26,28,29,30). The van der Waals surface area contributed by atoms with E-state index in [1.54, 1.807) is 0 Å². The molecule has 4 saturated carbocycles. The van der Waals surface area contributed by atoms with Gasteiger partial charge >= 0.3 is 6.03 Å². The molecular formula is C22H27BrN6O2. The average Bonchev–Trinajstić information content (AvgIpc) is 3.15. The zero-order chi connectivity index (χ0) is 21.4. The van der Waals surface area contributed by atoms with Crippen LogP contribution in [0, 0.1) is 17.8 Å². The topological polar surface area (TPSA) is 112 Å². The first-order valence-electron chi connectivity index (χ1n) is 11.0. The van der Waals surface area contributed by atoms with E-state index in [-0.39, 0.29) is 36.4 Å². The highest BCUT2D eigenvalue weighted by atomic mass is 79.9. The number of hydrogen-bond acceptors (Lipinski definition) is 4. The van der Waals surface area contributed by atoms with E-state index < -0.39 is 0 Å². The lowest BCUT2D eigenvalue weighted by Gasteiger charge is -2.56. The average molecular weight is 487 g/mol. The van der Waals surface area contributed by atoms with Crippen molar-refractivity contribution in [2.75, 3.05) is 11.9 Å². The van der Waals surface area contributed by atoms with Crippen LogP contribution in [0.25, 0.3) is 11.4 Å². The number of nitrogens with zero attached hydrogens (tertiary/aromatic N) is 2. The van der Waals surface area contributed by atoms with Crippen LogP contribution in [-0.2, 0) is 4.79 Å². The Hall–Kier alpha value is -2.42. The van der Waals surface area contributed by atoms with Crippen molar-refractivity contribution in [1.82, 2.24) is 25.8 Å². The van der Waals surface area contributed by atoms with Crippen LogP contribution in [-0.4, -0.2) is 39.2 Å². The summed E-state index contributed by atoms with van der Waals surface area (Å²) in [7, 11) is 0. The highest BCUT2D eigenvalue weighted by Crippen LogP contribution is 2.55. The number of hydrogen-bond donors (Lipinski definition) is 4. The summed E-state index contributed by atoms with van der Waals surface area (Å²) in [5, 5.41) is 15.6. The molecule has 9 heteroatoms. The summed E-state index contributed by atoms with van der Waals surface area (Å²) in [6.07, 6.45) is 7.51. The lowest BCUT2D eigenvalue weighted by Crippen LogP contribution is -2.61. The van der Waals surface area contributed by atoms with Crippen LogP contribution in [0.4, 0.5) is 10.7 Å². The molecule has 164 valence electrons. The van der Waals surface area contributed by atoms with Crippen LogP contribution < -0.4 is 16.0 Å². The zero-order valence-corrected chi connectivity index (χ0v) is 18.9. The fourth-order valence-electron chi connectivity index (χ4n) is 6.08. The number of H-pyrrole nitrogens is 1. The van der Waals surface area contributed by atoms with Crippen molar-refractivity contribution in [3.8, 4) is 11.4 Å². The third-order valence-electron chi connectivity index (χ3n) is 6.91. The van der Waals surface area contributed by atoms with E-state index >= 15 is 0 Å². The van der Waals surface area contributed by atoms with E-state index in [0.29, 0.717) is 5.82 Å². The van der Waals surface area contributed by atoms with Gasteiger partial charge in [-0.1, -0.05) is 28.1 Å². The number of rotatable bonds is 6. The second kappa shape index (κ2) is 8.26. The van der Waals surface area contributed by atoms with E-state index in [9.17, 15) is 9.59 Å². The Labute approximate surface area is 189 Å². The Morgan fingerprint density at radius 3 is 2.35 bits per heavy atom. The van der Waals surface area contributed by atoms with Crippen LogP contribution in [0.2, 0.25) is 0 Å². The molecule has 4 aliphatic carbocycles. The van der Waals surface area contributed by atoms with Crippen molar-refractivity contribution in [3.05, 3.63) is 28.7 Å². The maximum atomic E-state index is 12.5. The molecule has 0 unspecified atom stereocenters. The SMILES string of the molecule is O=C(CCNC(=O)NC12CC3CC(CC(C3)C1)C2)Nc1n[nH]c(-c2ccc(Br)cc2)n1. The van der Waals surface area contributed by atoms with Gasteiger partial charge in [-0.15, -0.1) is 5.10 Å². The highest BCUT2D eigenvalue weighted by Gasteiger charge is 2.51. The molecule has 1 heterocycles. The Morgan fingerprint density at radius 1 is 1.06 bits per heavy atom. The molecule has 3 amide bonds. The minimum atomic E-state index is -0.239. The molecule has 0 saturated heterocycles. The van der Waals surface area contributed by atoms with E-state index in [1.807, 2.05) is 24.3 Å². The summed E-state index contributed by atoms with van der Waals surface area (Å²) < 4.78 is 0.976. The van der Waals surface area contributed by atoms with Gasteiger partial charge in [-0.05, 0) is 68.4 Å². The molecule has 8 nitrogen and oxygen atoms in total.